The fraction of sp³-hybridized carbons (Fsp3) is 0.562. The van der Waals surface area contributed by atoms with E-state index < -0.39 is 0 Å². The van der Waals surface area contributed by atoms with E-state index in [4.69, 9.17) is 9.47 Å². The Kier molecular flexibility index (Phi) is 5.01. The molecule has 4 heteroatoms. The minimum atomic E-state index is -0.0456. The van der Waals surface area contributed by atoms with Gasteiger partial charge in [-0.1, -0.05) is 12.5 Å². The summed E-state index contributed by atoms with van der Waals surface area (Å²) in [6.07, 6.45) is 4.66. The van der Waals surface area contributed by atoms with Crippen molar-refractivity contribution in [3.05, 3.63) is 29.8 Å². The van der Waals surface area contributed by atoms with Crippen LogP contribution in [-0.2, 0) is 4.74 Å². The number of amides is 1. The van der Waals surface area contributed by atoms with Crippen LogP contribution in [-0.4, -0.2) is 33.3 Å². The fourth-order valence-electron chi connectivity index (χ4n) is 2.76. The van der Waals surface area contributed by atoms with E-state index in [1.807, 2.05) is 12.1 Å². The lowest BCUT2D eigenvalue weighted by Gasteiger charge is -2.41. The second kappa shape index (κ2) is 6.75. The van der Waals surface area contributed by atoms with Crippen molar-refractivity contribution in [2.24, 2.45) is 5.41 Å². The van der Waals surface area contributed by atoms with Gasteiger partial charge >= 0.3 is 0 Å². The molecule has 0 aliphatic heterocycles. The number of nitrogens with one attached hydrogen (secondary N) is 1. The lowest BCUT2D eigenvalue weighted by molar-refractivity contribution is 0.0109. The molecule has 1 aromatic carbocycles. The molecule has 0 unspecified atom stereocenters. The molecule has 110 valence electrons. The zero-order valence-corrected chi connectivity index (χ0v) is 12.3. The summed E-state index contributed by atoms with van der Waals surface area (Å²) in [6, 6.07) is 7.21. The summed E-state index contributed by atoms with van der Waals surface area (Å²) < 4.78 is 10.4. The molecule has 20 heavy (non-hydrogen) atoms. The first-order valence-electron chi connectivity index (χ1n) is 7.10. The summed E-state index contributed by atoms with van der Waals surface area (Å²) in [5.74, 6) is 0.656. The SMILES string of the molecule is COCC1(CCNC(=O)c2cccc(OC)c2)CCC1. The van der Waals surface area contributed by atoms with E-state index in [1.54, 1.807) is 26.4 Å². The van der Waals surface area contributed by atoms with Crippen LogP contribution in [0.4, 0.5) is 0 Å². The smallest absolute Gasteiger partial charge is 0.251 e. The van der Waals surface area contributed by atoms with Gasteiger partial charge in [-0.3, -0.25) is 4.79 Å². The highest BCUT2D eigenvalue weighted by Gasteiger charge is 2.36. The topological polar surface area (TPSA) is 47.6 Å². The molecule has 0 bridgehead atoms. The number of hydrogen-bond donors (Lipinski definition) is 1. The van der Waals surface area contributed by atoms with Gasteiger partial charge in [-0.05, 0) is 42.9 Å². The van der Waals surface area contributed by atoms with E-state index in [-0.39, 0.29) is 11.3 Å². The van der Waals surface area contributed by atoms with Gasteiger partial charge in [0, 0.05) is 19.2 Å². The standard InChI is InChI=1S/C16H23NO3/c1-19-12-16(7-4-8-16)9-10-17-15(18)13-5-3-6-14(11-13)20-2/h3,5-6,11H,4,7-10,12H2,1-2H3,(H,17,18). The first-order chi connectivity index (χ1) is 9.69. The van der Waals surface area contributed by atoms with E-state index in [2.05, 4.69) is 5.32 Å². The third kappa shape index (κ3) is 3.51. The van der Waals surface area contributed by atoms with E-state index >= 15 is 0 Å². The summed E-state index contributed by atoms with van der Waals surface area (Å²) in [6.45, 7) is 1.49. The Morgan fingerprint density at radius 3 is 2.75 bits per heavy atom. The molecule has 1 aliphatic rings. The van der Waals surface area contributed by atoms with Gasteiger partial charge in [0.25, 0.3) is 5.91 Å². The molecule has 0 radical (unpaired) electrons. The van der Waals surface area contributed by atoms with Crippen molar-refractivity contribution in [3.8, 4) is 5.75 Å². The quantitative estimate of drug-likeness (QED) is 0.833. The summed E-state index contributed by atoms with van der Waals surface area (Å²) in [5, 5.41) is 2.98. The predicted molar refractivity (Wildman–Crippen MR) is 78.1 cm³/mol. The Morgan fingerprint density at radius 1 is 1.35 bits per heavy atom. The first-order valence-corrected chi connectivity index (χ1v) is 7.10. The number of carbonyl (C=O) groups is 1. The number of methoxy groups -OCH3 is 2. The van der Waals surface area contributed by atoms with Crippen molar-refractivity contribution < 1.29 is 14.3 Å². The molecule has 0 spiro atoms. The van der Waals surface area contributed by atoms with Gasteiger partial charge < -0.3 is 14.8 Å². The maximum atomic E-state index is 12.1. The summed E-state index contributed by atoms with van der Waals surface area (Å²) in [4.78, 5) is 12.1. The number of hydrogen-bond acceptors (Lipinski definition) is 3. The van der Waals surface area contributed by atoms with E-state index in [0.717, 1.165) is 13.0 Å². The zero-order valence-electron chi connectivity index (χ0n) is 12.3. The van der Waals surface area contributed by atoms with Crippen LogP contribution >= 0.6 is 0 Å². The van der Waals surface area contributed by atoms with Crippen molar-refractivity contribution in [2.45, 2.75) is 25.7 Å². The van der Waals surface area contributed by atoms with Gasteiger partial charge in [0.2, 0.25) is 0 Å². The maximum Gasteiger partial charge on any atom is 0.251 e. The third-order valence-electron chi connectivity index (χ3n) is 4.14. The molecule has 1 saturated carbocycles. The number of rotatable bonds is 7. The van der Waals surface area contributed by atoms with Crippen molar-refractivity contribution in [3.63, 3.8) is 0 Å². The average molecular weight is 277 g/mol. The number of carbonyl (C=O) groups excluding carboxylic acids is 1. The molecule has 1 N–H and O–H groups in total. The maximum absolute atomic E-state index is 12.1. The normalized spacial score (nSPS) is 16.3. The Bertz CT molecular complexity index is 455. The van der Waals surface area contributed by atoms with Crippen LogP contribution in [0.2, 0.25) is 0 Å². The van der Waals surface area contributed by atoms with E-state index in [9.17, 15) is 4.79 Å². The minimum Gasteiger partial charge on any atom is -0.497 e. The minimum absolute atomic E-state index is 0.0456. The lowest BCUT2D eigenvalue weighted by Crippen LogP contribution is -2.38. The predicted octanol–water partition coefficient (Wildman–Crippen LogP) is 2.63. The Morgan fingerprint density at radius 2 is 2.15 bits per heavy atom. The molecule has 0 aromatic heterocycles. The van der Waals surface area contributed by atoms with Crippen LogP contribution in [0.15, 0.2) is 24.3 Å². The summed E-state index contributed by atoms with van der Waals surface area (Å²) in [7, 11) is 3.34. The van der Waals surface area contributed by atoms with Gasteiger partial charge in [0.05, 0.1) is 13.7 Å². The van der Waals surface area contributed by atoms with E-state index in [0.29, 0.717) is 17.9 Å². The lowest BCUT2D eigenvalue weighted by atomic mass is 9.67. The molecule has 1 aromatic rings. The average Bonchev–Trinajstić information content (AvgIpc) is 2.44. The van der Waals surface area contributed by atoms with Crippen LogP contribution in [0, 0.1) is 5.41 Å². The molecule has 0 atom stereocenters. The van der Waals surface area contributed by atoms with Gasteiger partial charge in [-0.15, -0.1) is 0 Å². The highest BCUT2D eigenvalue weighted by molar-refractivity contribution is 5.94. The fourth-order valence-corrected chi connectivity index (χ4v) is 2.76. The third-order valence-corrected chi connectivity index (χ3v) is 4.14. The molecular formula is C16H23NO3. The van der Waals surface area contributed by atoms with Crippen LogP contribution in [0.5, 0.6) is 5.75 Å². The molecule has 4 nitrogen and oxygen atoms in total. The molecule has 0 heterocycles. The zero-order chi connectivity index (χ0) is 14.4. The van der Waals surface area contributed by atoms with E-state index in [1.165, 1.54) is 19.3 Å². The van der Waals surface area contributed by atoms with Crippen LogP contribution in [0.3, 0.4) is 0 Å². The van der Waals surface area contributed by atoms with Crippen LogP contribution in [0.25, 0.3) is 0 Å². The Labute approximate surface area is 120 Å². The first kappa shape index (κ1) is 14.9. The monoisotopic (exact) mass is 277 g/mol. The van der Waals surface area contributed by atoms with Gasteiger partial charge in [-0.25, -0.2) is 0 Å². The van der Waals surface area contributed by atoms with Crippen molar-refractivity contribution >= 4 is 5.91 Å². The van der Waals surface area contributed by atoms with Gasteiger partial charge in [0.15, 0.2) is 0 Å². The highest BCUT2D eigenvalue weighted by Crippen LogP contribution is 2.43. The van der Waals surface area contributed by atoms with Crippen LogP contribution < -0.4 is 10.1 Å². The molecule has 1 amide bonds. The molecule has 2 rings (SSSR count). The summed E-state index contributed by atoms with van der Waals surface area (Å²) in [5.41, 5.74) is 0.926. The largest absolute Gasteiger partial charge is 0.497 e. The Hall–Kier alpha value is -1.55. The molecule has 1 fully saturated rings. The Balaban J connectivity index is 1.82. The number of ether oxygens (including phenoxy) is 2. The van der Waals surface area contributed by atoms with Crippen LogP contribution in [0.1, 0.15) is 36.0 Å². The second-order valence-electron chi connectivity index (χ2n) is 5.52. The number of benzene rings is 1. The molecule has 1 aliphatic carbocycles. The van der Waals surface area contributed by atoms with Crippen molar-refractivity contribution in [1.29, 1.82) is 0 Å². The molecular weight excluding hydrogens is 254 g/mol. The van der Waals surface area contributed by atoms with Crippen molar-refractivity contribution in [1.82, 2.24) is 5.32 Å². The van der Waals surface area contributed by atoms with Gasteiger partial charge in [0.1, 0.15) is 5.75 Å². The summed E-state index contributed by atoms with van der Waals surface area (Å²) >= 11 is 0. The van der Waals surface area contributed by atoms with Gasteiger partial charge in [-0.2, -0.15) is 0 Å². The van der Waals surface area contributed by atoms with Crippen molar-refractivity contribution in [2.75, 3.05) is 27.4 Å². The highest BCUT2D eigenvalue weighted by atomic mass is 16.5. The second-order valence-corrected chi connectivity index (χ2v) is 5.52. The molecule has 0 saturated heterocycles.